The van der Waals surface area contributed by atoms with Crippen LogP contribution >= 0.6 is 0 Å². The minimum Gasteiger partial charge on any atom is -0.409 e. The molecule has 1 saturated heterocycles. The first kappa shape index (κ1) is 9.77. The van der Waals surface area contributed by atoms with Gasteiger partial charge < -0.3 is 15.8 Å². The molecule has 0 amide bonds. The molecule has 0 aromatic rings. The fourth-order valence-corrected chi connectivity index (χ4v) is 2.84. The molecule has 0 aromatic heterocycles. The highest BCUT2D eigenvalue weighted by Crippen LogP contribution is 2.37. The van der Waals surface area contributed by atoms with Crippen LogP contribution in [-0.4, -0.2) is 35.6 Å². The van der Waals surface area contributed by atoms with E-state index in [-0.39, 0.29) is 0 Å². The second kappa shape index (κ2) is 4.17. The maximum absolute atomic E-state index is 8.41. The van der Waals surface area contributed by atoms with Crippen LogP contribution in [0.4, 0.5) is 0 Å². The minimum absolute atomic E-state index is 0.349. The lowest BCUT2D eigenvalue weighted by Gasteiger charge is -2.15. The highest BCUT2D eigenvalue weighted by Gasteiger charge is 2.35. The normalized spacial score (nSPS) is 33.6. The van der Waals surface area contributed by atoms with E-state index in [9.17, 15) is 0 Å². The van der Waals surface area contributed by atoms with Gasteiger partial charge in [0.15, 0.2) is 0 Å². The van der Waals surface area contributed by atoms with Gasteiger partial charge in [-0.15, -0.1) is 0 Å². The topological polar surface area (TPSA) is 61.8 Å². The van der Waals surface area contributed by atoms with Crippen molar-refractivity contribution in [2.24, 2.45) is 22.7 Å². The van der Waals surface area contributed by atoms with E-state index in [0.717, 1.165) is 18.4 Å². The van der Waals surface area contributed by atoms with Crippen LogP contribution in [0.1, 0.15) is 25.7 Å². The van der Waals surface area contributed by atoms with Crippen LogP contribution in [0.3, 0.4) is 0 Å². The molecule has 0 aromatic carbocycles. The van der Waals surface area contributed by atoms with E-state index in [1.54, 1.807) is 0 Å². The standard InChI is InChI=1S/C10H19N3O/c11-10(12-14)4-5-13-6-8-2-1-3-9(8)7-13/h8-9,14H,1-7H2,(H2,11,12). The third kappa shape index (κ3) is 2.00. The number of fused-ring (bicyclic) bond motifs is 1. The summed E-state index contributed by atoms with van der Waals surface area (Å²) in [6.45, 7) is 3.40. The van der Waals surface area contributed by atoms with Crippen LogP contribution in [0.15, 0.2) is 5.16 Å². The smallest absolute Gasteiger partial charge is 0.140 e. The van der Waals surface area contributed by atoms with Gasteiger partial charge in [0.2, 0.25) is 0 Å². The van der Waals surface area contributed by atoms with Crippen LogP contribution in [0.2, 0.25) is 0 Å². The molecule has 2 atom stereocenters. The molecule has 1 heterocycles. The maximum Gasteiger partial charge on any atom is 0.140 e. The van der Waals surface area contributed by atoms with Gasteiger partial charge in [-0.2, -0.15) is 0 Å². The molecule has 14 heavy (non-hydrogen) atoms. The van der Waals surface area contributed by atoms with Crippen molar-refractivity contribution in [2.45, 2.75) is 25.7 Å². The average Bonchev–Trinajstić information content (AvgIpc) is 2.73. The summed E-state index contributed by atoms with van der Waals surface area (Å²) in [7, 11) is 0. The SMILES string of the molecule is NC(CCN1CC2CCCC2C1)=NO. The Morgan fingerprint density at radius 1 is 1.36 bits per heavy atom. The van der Waals surface area contributed by atoms with Gasteiger partial charge in [0.05, 0.1) is 0 Å². The molecule has 2 rings (SSSR count). The highest BCUT2D eigenvalue weighted by atomic mass is 16.4. The molecule has 2 fully saturated rings. The molecule has 4 heteroatoms. The van der Waals surface area contributed by atoms with Crippen molar-refractivity contribution in [3.05, 3.63) is 0 Å². The molecule has 1 aliphatic heterocycles. The van der Waals surface area contributed by atoms with Crippen molar-refractivity contribution < 1.29 is 5.21 Å². The third-order valence-electron chi connectivity index (χ3n) is 3.61. The second-order valence-corrected chi connectivity index (χ2v) is 4.55. The van der Waals surface area contributed by atoms with Gasteiger partial charge in [-0.3, -0.25) is 0 Å². The van der Waals surface area contributed by atoms with E-state index in [4.69, 9.17) is 10.9 Å². The Balaban J connectivity index is 1.74. The predicted octanol–water partition coefficient (Wildman–Crippen LogP) is 0.855. The molecule has 80 valence electrons. The first-order chi connectivity index (χ1) is 6.79. The molecule has 2 aliphatic rings. The third-order valence-corrected chi connectivity index (χ3v) is 3.61. The van der Waals surface area contributed by atoms with Gasteiger partial charge in [-0.1, -0.05) is 11.6 Å². The zero-order valence-corrected chi connectivity index (χ0v) is 8.52. The van der Waals surface area contributed by atoms with Gasteiger partial charge in [0, 0.05) is 26.1 Å². The van der Waals surface area contributed by atoms with Crippen molar-refractivity contribution in [1.29, 1.82) is 0 Å². The van der Waals surface area contributed by atoms with Gasteiger partial charge in [0.1, 0.15) is 5.84 Å². The predicted molar refractivity (Wildman–Crippen MR) is 55.3 cm³/mol. The lowest BCUT2D eigenvalue weighted by atomic mass is 10.0. The molecule has 4 nitrogen and oxygen atoms in total. The zero-order valence-electron chi connectivity index (χ0n) is 8.52. The summed E-state index contributed by atoms with van der Waals surface area (Å²) < 4.78 is 0. The molecule has 1 saturated carbocycles. The van der Waals surface area contributed by atoms with Gasteiger partial charge in [-0.05, 0) is 24.7 Å². The van der Waals surface area contributed by atoms with Gasteiger partial charge >= 0.3 is 0 Å². The Hall–Kier alpha value is -0.770. The van der Waals surface area contributed by atoms with E-state index in [2.05, 4.69) is 10.1 Å². The highest BCUT2D eigenvalue weighted by molar-refractivity contribution is 5.79. The largest absolute Gasteiger partial charge is 0.409 e. The monoisotopic (exact) mass is 197 g/mol. The number of oxime groups is 1. The van der Waals surface area contributed by atoms with Crippen molar-refractivity contribution >= 4 is 5.84 Å². The number of likely N-dealkylation sites (tertiary alicyclic amines) is 1. The number of hydrogen-bond donors (Lipinski definition) is 2. The van der Waals surface area contributed by atoms with Crippen LogP contribution in [0, 0.1) is 11.8 Å². The lowest BCUT2D eigenvalue weighted by molar-refractivity contribution is 0.304. The summed E-state index contributed by atoms with van der Waals surface area (Å²) in [6, 6.07) is 0. The van der Waals surface area contributed by atoms with Crippen LogP contribution in [0.5, 0.6) is 0 Å². The summed E-state index contributed by atoms with van der Waals surface area (Å²) in [4.78, 5) is 2.45. The van der Waals surface area contributed by atoms with Crippen molar-refractivity contribution in [2.75, 3.05) is 19.6 Å². The van der Waals surface area contributed by atoms with Crippen LogP contribution in [-0.2, 0) is 0 Å². The second-order valence-electron chi connectivity index (χ2n) is 4.55. The lowest BCUT2D eigenvalue weighted by Crippen LogP contribution is -2.27. The maximum atomic E-state index is 8.41. The zero-order chi connectivity index (χ0) is 9.97. The van der Waals surface area contributed by atoms with E-state index in [1.165, 1.54) is 32.4 Å². The van der Waals surface area contributed by atoms with Crippen molar-refractivity contribution in [3.8, 4) is 0 Å². The summed E-state index contributed by atoms with van der Waals surface area (Å²) in [5.74, 6) is 2.21. The fourth-order valence-electron chi connectivity index (χ4n) is 2.84. The Kier molecular flexibility index (Phi) is 2.91. The Bertz CT molecular complexity index is 217. The number of nitrogens with two attached hydrogens (primary N) is 1. The van der Waals surface area contributed by atoms with E-state index >= 15 is 0 Å². The Morgan fingerprint density at radius 2 is 2.00 bits per heavy atom. The molecule has 2 unspecified atom stereocenters. The minimum atomic E-state index is 0.349. The van der Waals surface area contributed by atoms with Crippen LogP contribution in [0.25, 0.3) is 0 Å². The molecule has 1 aliphatic carbocycles. The van der Waals surface area contributed by atoms with E-state index < -0.39 is 0 Å². The molecular weight excluding hydrogens is 178 g/mol. The molecular formula is C10H19N3O. The van der Waals surface area contributed by atoms with Crippen molar-refractivity contribution in [1.82, 2.24) is 4.90 Å². The van der Waals surface area contributed by atoms with Gasteiger partial charge in [0.25, 0.3) is 0 Å². The molecule has 0 bridgehead atoms. The number of nitrogens with zero attached hydrogens (tertiary/aromatic N) is 2. The van der Waals surface area contributed by atoms with E-state index in [0.29, 0.717) is 12.3 Å². The quantitative estimate of drug-likeness (QED) is 0.305. The molecule has 0 spiro atoms. The first-order valence-electron chi connectivity index (χ1n) is 5.48. The average molecular weight is 197 g/mol. The van der Waals surface area contributed by atoms with Crippen molar-refractivity contribution in [3.63, 3.8) is 0 Å². The van der Waals surface area contributed by atoms with Gasteiger partial charge in [-0.25, -0.2) is 0 Å². The molecule has 0 radical (unpaired) electrons. The number of rotatable bonds is 3. The summed E-state index contributed by atoms with van der Waals surface area (Å²) in [5.41, 5.74) is 5.44. The van der Waals surface area contributed by atoms with Crippen LogP contribution < -0.4 is 5.73 Å². The first-order valence-corrected chi connectivity index (χ1v) is 5.48. The fraction of sp³-hybridized carbons (Fsp3) is 0.900. The summed E-state index contributed by atoms with van der Waals surface area (Å²) in [5, 5.41) is 11.4. The molecule has 3 N–H and O–H groups in total. The number of amidine groups is 1. The summed E-state index contributed by atoms with van der Waals surface area (Å²) >= 11 is 0. The Labute approximate surface area is 84.8 Å². The summed E-state index contributed by atoms with van der Waals surface area (Å²) in [6.07, 6.45) is 4.93. The Morgan fingerprint density at radius 3 is 2.57 bits per heavy atom. The van der Waals surface area contributed by atoms with E-state index in [1.807, 2.05) is 0 Å². The number of hydrogen-bond acceptors (Lipinski definition) is 3.